The Morgan fingerprint density at radius 1 is 1.20 bits per heavy atom. The first-order chi connectivity index (χ1) is 12.0. The number of benzene rings is 1. The summed E-state index contributed by atoms with van der Waals surface area (Å²) in [5.41, 5.74) is 0.610. The van der Waals surface area contributed by atoms with E-state index in [1.165, 1.54) is 24.5 Å². The van der Waals surface area contributed by atoms with Crippen LogP contribution in [0, 0.1) is 5.82 Å². The van der Waals surface area contributed by atoms with E-state index in [1.54, 1.807) is 22.8 Å². The van der Waals surface area contributed by atoms with Gasteiger partial charge in [0.2, 0.25) is 5.91 Å². The summed E-state index contributed by atoms with van der Waals surface area (Å²) in [6, 6.07) is 4.87. The third-order valence-corrected chi connectivity index (χ3v) is 5.66. The highest BCUT2D eigenvalue weighted by Crippen LogP contribution is 2.34. The first-order valence-corrected chi connectivity index (χ1v) is 9.08. The average Bonchev–Trinajstić information content (AvgIpc) is 2.79. The fraction of sp³-hybridized carbons (Fsp3) is 0.444. The normalized spacial score (nSPS) is 15.5. The van der Waals surface area contributed by atoms with Crippen molar-refractivity contribution >= 4 is 33.2 Å². The number of ether oxygens (including phenoxy) is 1. The summed E-state index contributed by atoms with van der Waals surface area (Å²) in [5, 5.41) is 0.470. The van der Waals surface area contributed by atoms with Crippen molar-refractivity contribution in [3.8, 4) is 0 Å². The van der Waals surface area contributed by atoms with Crippen molar-refractivity contribution in [3.05, 3.63) is 34.5 Å². The molecule has 7 heteroatoms. The van der Waals surface area contributed by atoms with Gasteiger partial charge in [0.05, 0.1) is 11.5 Å². The molecule has 0 unspecified atom stereocenters. The minimum atomic E-state index is -0.335. The van der Waals surface area contributed by atoms with Crippen LogP contribution in [0.3, 0.4) is 0 Å². The molecular formula is C18H21FN2O3S. The van der Waals surface area contributed by atoms with E-state index in [-0.39, 0.29) is 24.2 Å². The van der Waals surface area contributed by atoms with Gasteiger partial charge >= 0.3 is 0 Å². The molecule has 1 aromatic carbocycles. The fourth-order valence-electron chi connectivity index (χ4n) is 3.20. The van der Waals surface area contributed by atoms with Gasteiger partial charge in [-0.05, 0) is 18.6 Å². The molecule has 1 fully saturated rings. The van der Waals surface area contributed by atoms with Crippen LogP contribution in [0.4, 0.5) is 4.39 Å². The van der Waals surface area contributed by atoms with Crippen molar-refractivity contribution in [2.24, 2.45) is 0 Å². The van der Waals surface area contributed by atoms with E-state index in [4.69, 9.17) is 4.74 Å². The molecule has 134 valence electrons. The molecule has 1 aliphatic rings. The molecule has 0 atom stereocenters. The van der Waals surface area contributed by atoms with Gasteiger partial charge in [0.25, 0.3) is 5.91 Å². The number of halogens is 1. The zero-order valence-corrected chi connectivity index (χ0v) is 15.2. The molecule has 0 N–H and O–H groups in total. The lowest BCUT2D eigenvalue weighted by molar-refractivity contribution is -0.128. The standard InChI is InChI=1S/C18H21FN2O3S/c1-12(22)20-7-4-8-21(10-9-20)18(23)17-13(11-24-2)16-14(19)5-3-6-15(16)25-17/h3,5-6H,4,7-11H2,1-2H3. The molecule has 2 heterocycles. The highest BCUT2D eigenvalue weighted by Gasteiger charge is 2.26. The van der Waals surface area contributed by atoms with E-state index in [0.717, 1.165) is 11.1 Å². The van der Waals surface area contributed by atoms with Crippen LogP contribution in [0.2, 0.25) is 0 Å². The second kappa shape index (κ2) is 7.49. The SMILES string of the molecule is COCc1c(C(=O)N2CCCN(C(C)=O)CC2)sc2cccc(F)c12. The summed E-state index contributed by atoms with van der Waals surface area (Å²) in [7, 11) is 1.54. The largest absolute Gasteiger partial charge is 0.380 e. The van der Waals surface area contributed by atoms with Crippen molar-refractivity contribution in [2.45, 2.75) is 20.0 Å². The summed E-state index contributed by atoms with van der Waals surface area (Å²) >= 11 is 1.30. The molecule has 0 spiro atoms. The van der Waals surface area contributed by atoms with Gasteiger partial charge in [0, 0.05) is 55.9 Å². The molecule has 5 nitrogen and oxygen atoms in total. The van der Waals surface area contributed by atoms with Crippen LogP contribution in [0.5, 0.6) is 0 Å². The van der Waals surface area contributed by atoms with Crippen molar-refractivity contribution in [2.75, 3.05) is 33.3 Å². The van der Waals surface area contributed by atoms with Crippen LogP contribution in [0.25, 0.3) is 10.1 Å². The number of carbonyl (C=O) groups excluding carboxylic acids is 2. The number of thiophene rings is 1. The summed E-state index contributed by atoms with van der Waals surface area (Å²) < 4.78 is 20.2. The number of amides is 2. The maximum atomic E-state index is 14.3. The molecule has 3 rings (SSSR count). The van der Waals surface area contributed by atoms with E-state index in [0.29, 0.717) is 42.0 Å². The molecule has 25 heavy (non-hydrogen) atoms. The van der Waals surface area contributed by atoms with Crippen LogP contribution in [0.1, 0.15) is 28.6 Å². The zero-order valence-electron chi connectivity index (χ0n) is 14.4. The van der Waals surface area contributed by atoms with Crippen LogP contribution in [-0.2, 0) is 16.1 Å². The van der Waals surface area contributed by atoms with Gasteiger partial charge in [0.15, 0.2) is 0 Å². The molecule has 2 amide bonds. The number of fused-ring (bicyclic) bond motifs is 1. The smallest absolute Gasteiger partial charge is 0.264 e. The molecule has 0 bridgehead atoms. The van der Waals surface area contributed by atoms with Gasteiger partial charge in [-0.2, -0.15) is 0 Å². The van der Waals surface area contributed by atoms with Crippen LogP contribution in [-0.4, -0.2) is 54.9 Å². The Balaban J connectivity index is 1.93. The lowest BCUT2D eigenvalue weighted by atomic mass is 10.1. The lowest BCUT2D eigenvalue weighted by Gasteiger charge is -2.21. The van der Waals surface area contributed by atoms with Gasteiger partial charge in [-0.25, -0.2) is 4.39 Å². The summed E-state index contributed by atoms with van der Waals surface area (Å²) in [5.74, 6) is -0.421. The minimum absolute atomic E-state index is 0.0262. The van der Waals surface area contributed by atoms with Crippen molar-refractivity contribution in [3.63, 3.8) is 0 Å². The minimum Gasteiger partial charge on any atom is -0.380 e. The molecule has 1 aromatic heterocycles. The van der Waals surface area contributed by atoms with E-state index in [2.05, 4.69) is 0 Å². The summed E-state index contributed by atoms with van der Waals surface area (Å²) in [6.45, 7) is 4.00. The van der Waals surface area contributed by atoms with Gasteiger partial charge in [-0.15, -0.1) is 11.3 Å². The molecule has 0 radical (unpaired) electrons. The summed E-state index contributed by atoms with van der Waals surface area (Å²) in [6.07, 6.45) is 0.740. The number of rotatable bonds is 3. The topological polar surface area (TPSA) is 49.9 Å². The van der Waals surface area contributed by atoms with Crippen molar-refractivity contribution in [1.82, 2.24) is 9.80 Å². The summed E-state index contributed by atoms with van der Waals surface area (Å²) in [4.78, 5) is 28.7. The number of methoxy groups -OCH3 is 1. The Kier molecular flexibility index (Phi) is 5.34. The van der Waals surface area contributed by atoms with E-state index < -0.39 is 0 Å². The maximum Gasteiger partial charge on any atom is 0.264 e. The Labute approximate surface area is 150 Å². The lowest BCUT2D eigenvalue weighted by Crippen LogP contribution is -2.36. The maximum absolute atomic E-state index is 14.3. The zero-order chi connectivity index (χ0) is 18.0. The molecular weight excluding hydrogens is 343 g/mol. The monoisotopic (exact) mass is 364 g/mol. The molecule has 1 aliphatic heterocycles. The predicted molar refractivity (Wildman–Crippen MR) is 95.3 cm³/mol. The molecule has 2 aromatic rings. The average molecular weight is 364 g/mol. The van der Waals surface area contributed by atoms with Crippen LogP contribution < -0.4 is 0 Å². The number of hydrogen-bond donors (Lipinski definition) is 0. The second-order valence-corrected chi connectivity index (χ2v) is 7.16. The van der Waals surface area contributed by atoms with E-state index >= 15 is 0 Å². The van der Waals surface area contributed by atoms with E-state index in [9.17, 15) is 14.0 Å². The highest BCUT2D eigenvalue weighted by atomic mass is 32.1. The highest BCUT2D eigenvalue weighted by molar-refractivity contribution is 7.21. The first kappa shape index (κ1) is 17.8. The number of hydrogen-bond acceptors (Lipinski definition) is 4. The van der Waals surface area contributed by atoms with Crippen molar-refractivity contribution < 1.29 is 18.7 Å². The molecule has 1 saturated heterocycles. The van der Waals surface area contributed by atoms with Crippen LogP contribution in [0.15, 0.2) is 18.2 Å². The Bertz CT molecular complexity index is 805. The second-order valence-electron chi connectivity index (χ2n) is 6.11. The van der Waals surface area contributed by atoms with E-state index in [1.807, 2.05) is 6.07 Å². The van der Waals surface area contributed by atoms with Gasteiger partial charge in [-0.3, -0.25) is 9.59 Å². The fourth-order valence-corrected chi connectivity index (χ4v) is 4.39. The Hall–Kier alpha value is -1.99. The van der Waals surface area contributed by atoms with Gasteiger partial charge in [-0.1, -0.05) is 6.07 Å². The molecule has 0 aliphatic carbocycles. The number of carbonyl (C=O) groups is 2. The number of nitrogens with zero attached hydrogens (tertiary/aromatic N) is 2. The quantitative estimate of drug-likeness (QED) is 0.841. The Morgan fingerprint density at radius 3 is 2.64 bits per heavy atom. The molecule has 0 saturated carbocycles. The first-order valence-electron chi connectivity index (χ1n) is 8.26. The third kappa shape index (κ3) is 3.52. The van der Waals surface area contributed by atoms with Gasteiger partial charge in [0.1, 0.15) is 5.82 Å². The Morgan fingerprint density at radius 2 is 1.92 bits per heavy atom. The van der Waals surface area contributed by atoms with Crippen LogP contribution >= 0.6 is 11.3 Å². The predicted octanol–water partition coefficient (Wildman–Crippen LogP) is 2.88. The third-order valence-electron chi connectivity index (χ3n) is 4.47. The van der Waals surface area contributed by atoms with Gasteiger partial charge < -0.3 is 14.5 Å². The van der Waals surface area contributed by atoms with Crippen molar-refractivity contribution in [1.29, 1.82) is 0 Å².